The maximum Gasteiger partial charge on any atom is 0.335 e. The number of rotatable bonds is 4. The molecule has 2 fully saturated rings. The molecule has 2 aliphatic rings. The van der Waals surface area contributed by atoms with Gasteiger partial charge >= 0.3 is 5.97 Å². The molecule has 2 aromatic carbocycles. The van der Waals surface area contributed by atoms with Crippen molar-refractivity contribution >= 4 is 23.3 Å². The van der Waals surface area contributed by atoms with Gasteiger partial charge in [-0.2, -0.15) is 0 Å². The highest BCUT2D eigenvalue weighted by molar-refractivity contribution is 5.95. The molecule has 4 rings (SSSR count). The maximum atomic E-state index is 11.9. The third kappa shape index (κ3) is 3.27. The highest BCUT2D eigenvalue weighted by Crippen LogP contribution is 2.30. The van der Waals surface area contributed by atoms with Crippen LogP contribution in [0.15, 0.2) is 48.5 Å². The molecular weight excluding hydrogens is 344 g/mol. The summed E-state index contributed by atoms with van der Waals surface area (Å²) in [5.74, 6) is -0.748. The Kier molecular flexibility index (Phi) is 4.55. The van der Waals surface area contributed by atoms with Crippen LogP contribution in [0.1, 0.15) is 34.9 Å². The van der Waals surface area contributed by atoms with E-state index in [0.29, 0.717) is 13.1 Å². The Morgan fingerprint density at radius 2 is 1.89 bits per heavy atom. The van der Waals surface area contributed by atoms with Gasteiger partial charge < -0.3 is 10.0 Å². The van der Waals surface area contributed by atoms with Crippen LogP contribution in [0.5, 0.6) is 0 Å². The zero-order chi connectivity index (χ0) is 19.0. The first-order valence-electron chi connectivity index (χ1n) is 9.02. The summed E-state index contributed by atoms with van der Waals surface area (Å²) in [5.41, 5.74) is 3.12. The van der Waals surface area contributed by atoms with E-state index in [2.05, 4.69) is 15.3 Å². The van der Waals surface area contributed by atoms with E-state index >= 15 is 0 Å². The number of aromatic carboxylic acids is 1. The average Bonchev–Trinajstić information content (AvgIpc) is 3.27. The number of benzene rings is 2. The van der Waals surface area contributed by atoms with Crippen molar-refractivity contribution in [3.05, 3.63) is 59.7 Å². The van der Waals surface area contributed by atoms with Crippen molar-refractivity contribution in [1.29, 1.82) is 0 Å². The van der Waals surface area contributed by atoms with Crippen LogP contribution in [0.4, 0.5) is 11.4 Å². The summed E-state index contributed by atoms with van der Waals surface area (Å²) in [4.78, 5) is 25.0. The van der Waals surface area contributed by atoms with Gasteiger partial charge in [0.2, 0.25) is 5.91 Å². The minimum atomic E-state index is -0.929. The third-order valence-electron chi connectivity index (χ3n) is 5.17. The first-order chi connectivity index (χ1) is 13.0. The van der Waals surface area contributed by atoms with Crippen LogP contribution in [0.25, 0.3) is 0 Å². The number of hydrogen-bond donors (Lipinski definition) is 2. The number of carbonyl (C=O) groups excluding carboxylic acids is 1. The third-order valence-corrected chi connectivity index (χ3v) is 5.17. The zero-order valence-corrected chi connectivity index (χ0v) is 15.1. The quantitative estimate of drug-likeness (QED) is 0.866. The summed E-state index contributed by atoms with van der Waals surface area (Å²) < 4.78 is 0. The fourth-order valence-corrected chi connectivity index (χ4v) is 3.73. The normalized spacial score (nSPS) is 20.5. The molecule has 1 atom stereocenters. The Labute approximate surface area is 157 Å². The number of amides is 1. The van der Waals surface area contributed by atoms with E-state index in [-0.39, 0.29) is 17.6 Å². The summed E-state index contributed by atoms with van der Waals surface area (Å²) >= 11 is 0. The predicted octanol–water partition coefficient (Wildman–Crippen LogP) is 2.42. The van der Waals surface area contributed by atoms with E-state index in [1.54, 1.807) is 18.2 Å². The number of carboxylic acids is 1. The van der Waals surface area contributed by atoms with Gasteiger partial charge in [-0.05, 0) is 48.4 Å². The van der Waals surface area contributed by atoms with Crippen molar-refractivity contribution in [3.63, 3.8) is 0 Å². The molecule has 140 valence electrons. The number of nitrogens with one attached hydrogen (secondary N) is 1. The number of carboxylic acid groups (broad SMARTS) is 1. The topological polar surface area (TPSA) is 76.1 Å². The van der Waals surface area contributed by atoms with Gasteiger partial charge in [0.15, 0.2) is 0 Å². The monoisotopic (exact) mass is 366 g/mol. The van der Waals surface area contributed by atoms with Crippen molar-refractivity contribution < 1.29 is 14.7 Å². The molecule has 0 spiro atoms. The molecule has 2 heterocycles. The van der Waals surface area contributed by atoms with E-state index in [0.717, 1.165) is 29.9 Å². The second-order valence-corrected chi connectivity index (χ2v) is 6.83. The molecule has 0 aromatic heterocycles. The van der Waals surface area contributed by atoms with Gasteiger partial charge in [-0.25, -0.2) is 9.80 Å². The Balaban J connectivity index is 1.51. The van der Waals surface area contributed by atoms with Crippen molar-refractivity contribution in [3.8, 4) is 0 Å². The van der Waals surface area contributed by atoms with Gasteiger partial charge in [0.05, 0.1) is 17.9 Å². The lowest BCUT2D eigenvalue weighted by molar-refractivity contribution is -0.117. The summed E-state index contributed by atoms with van der Waals surface area (Å²) in [6.45, 7) is 1.39. The molecule has 7 nitrogen and oxygen atoms in total. The van der Waals surface area contributed by atoms with Gasteiger partial charge in [0, 0.05) is 25.7 Å². The van der Waals surface area contributed by atoms with Crippen LogP contribution in [0, 0.1) is 0 Å². The molecule has 0 radical (unpaired) electrons. The number of hydrogen-bond acceptors (Lipinski definition) is 5. The van der Waals surface area contributed by atoms with E-state index < -0.39 is 5.97 Å². The second-order valence-electron chi connectivity index (χ2n) is 6.83. The molecule has 2 aliphatic heterocycles. The summed E-state index contributed by atoms with van der Waals surface area (Å²) in [6, 6.07) is 14.9. The molecule has 2 aromatic rings. The molecular formula is C20H22N4O3. The maximum absolute atomic E-state index is 11.9. The molecule has 1 amide bonds. The van der Waals surface area contributed by atoms with Gasteiger partial charge in [-0.15, -0.1) is 0 Å². The lowest BCUT2D eigenvalue weighted by atomic mass is 10.1. The van der Waals surface area contributed by atoms with Gasteiger partial charge in [0.1, 0.15) is 6.17 Å². The van der Waals surface area contributed by atoms with Crippen molar-refractivity contribution in [2.45, 2.75) is 19.0 Å². The molecule has 0 bridgehead atoms. The summed E-state index contributed by atoms with van der Waals surface area (Å²) in [7, 11) is 1.97. The van der Waals surface area contributed by atoms with Crippen LogP contribution >= 0.6 is 0 Å². The van der Waals surface area contributed by atoms with Crippen molar-refractivity contribution in [2.24, 2.45) is 0 Å². The van der Waals surface area contributed by atoms with Crippen LogP contribution in [0.3, 0.4) is 0 Å². The SMILES string of the molecule is CN1C(c2cccc(C(=O)O)c2)NCN1c1ccc(N2CCCC2=O)cc1. The first-order valence-corrected chi connectivity index (χ1v) is 9.02. The van der Waals surface area contributed by atoms with E-state index in [1.807, 2.05) is 42.3 Å². The largest absolute Gasteiger partial charge is 0.478 e. The van der Waals surface area contributed by atoms with Gasteiger partial charge in [0.25, 0.3) is 0 Å². The van der Waals surface area contributed by atoms with Crippen molar-refractivity contribution in [2.75, 3.05) is 30.2 Å². The van der Waals surface area contributed by atoms with Crippen LogP contribution in [-0.2, 0) is 4.79 Å². The van der Waals surface area contributed by atoms with E-state index in [4.69, 9.17) is 0 Å². The molecule has 27 heavy (non-hydrogen) atoms. The van der Waals surface area contributed by atoms with E-state index in [9.17, 15) is 14.7 Å². The number of anilines is 2. The van der Waals surface area contributed by atoms with E-state index in [1.165, 1.54) is 0 Å². The molecule has 2 saturated heterocycles. The smallest absolute Gasteiger partial charge is 0.335 e. The Bertz CT molecular complexity index is 868. The van der Waals surface area contributed by atoms with Crippen molar-refractivity contribution in [1.82, 2.24) is 10.3 Å². The van der Waals surface area contributed by atoms with Crippen LogP contribution < -0.4 is 15.2 Å². The second kappa shape index (κ2) is 7.02. The average molecular weight is 366 g/mol. The van der Waals surface area contributed by atoms with Gasteiger partial charge in [-0.1, -0.05) is 12.1 Å². The number of nitrogens with zero attached hydrogens (tertiary/aromatic N) is 3. The first kappa shape index (κ1) is 17.5. The van der Waals surface area contributed by atoms with Gasteiger partial charge in [-0.3, -0.25) is 15.1 Å². The van der Waals surface area contributed by atoms with Crippen LogP contribution in [0.2, 0.25) is 0 Å². The fraction of sp³-hybridized carbons (Fsp3) is 0.300. The highest BCUT2D eigenvalue weighted by atomic mass is 16.4. The fourth-order valence-electron chi connectivity index (χ4n) is 3.73. The Hall–Kier alpha value is -2.90. The summed E-state index contributed by atoms with van der Waals surface area (Å²) in [6.07, 6.45) is 1.43. The predicted molar refractivity (Wildman–Crippen MR) is 102 cm³/mol. The highest BCUT2D eigenvalue weighted by Gasteiger charge is 2.30. The summed E-state index contributed by atoms with van der Waals surface area (Å²) in [5, 5.41) is 16.8. The molecule has 0 aliphatic carbocycles. The Morgan fingerprint density at radius 1 is 1.15 bits per heavy atom. The molecule has 2 N–H and O–H groups in total. The molecule has 1 unspecified atom stereocenters. The number of carbonyl (C=O) groups is 2. The van der Waals surface area contributed by atoms with Crippen LogP contribution in [-0.4, -0.2) is 42.3 Å². The lowest BCUT2D eigenvalue weighted by Gasteiger charge is -2.29. The standard InChI is InChI=1S/C20H22N4O3/c1-22-19(14-4-2-5-15(12-14)20(26)27)21-13-24(22)17-9-7-16(8-10-17)23-11-3-6-18(23)25/h2,4-5,7-10,12,19,21H,3,6,11,13H2,1H3,(H,26,27). The lowest BCUT2D eigenvalue weighted by Crippen LogP contribution is -2.34. The zero-order valence-electron chi connectivity index (χ0n) is 15.1. The Morgan fingerprint density at radius 3 is 2.56 bits per heavy atom. The number of hydrazine groups is 1. The minimum Gasteiger partial charge on any atom is -0.478 e. The molecule has 7 heteroatoms. The molecule has 0 saturated carbocycles. The minimum absolute atomic E-state index is 0.107.